The third-order valence-electron chi connectivity index (χ3n) is 6.31. The van der Waals surface area contributed by atoms with Crippen LogP contribution < -0.4 is 10.1 Å². The molecule has 7 nitrogen and oxygen atoms in total. The minimum atomic E-state index is -0.836. The highest BCUT2D eigenvalue weighted by Gasteiger charge is 2.24. The van der Waals surface area contributed by atoms with Crippen molar-refractivity contribution in [3.05, 3.63) is 89.7 Å². The molecule has 7 heteroatoms. The third kappa shape index (κ3) is 6.59. The second-order valence-corrected chi connectivity index (χ2v) is 9.13. The highest BCUT2D eigenvalue weighted by Crippen LogP contribution is 2.26. The monoisotopic (exact) mass is 513 g/mol. The molecule has 0 radical (unpaired) electrons. The minimum Gasteiger partial charge on any atom is -0.474 e. The van der Waals surface area contributed by atoms with Crippen molar-refractivity contribution in [3.63, 3.8) is 0 Å². The van der Waals surface area contributed by atoms with E-state index in [-0.39, 0.29) is 12.5 Å². The fraction of sp³-hybridized carbons (Fsp3) is 0.323. The number of carbonyl (C=O) groups is 2. The van der Waals surface area contributed by atoms with Gasteiger partial charge in [0.25, 0.3) is 0 Å². The summed E-state index contributed by atoms with van der Waals surface area (Å²) >= 11 is 0. The number of esters is 1. The van der Waals surface area contributed by atoms with E-state index in [1.54, 1.807) is 6.92 Å². The third-order valence-corrected chi connectivity index (χ3v) is 6.31. The molecule has 4 aromatic rings. The number of nitrogens with zero attached hydrogens (tertiary/aromatic N) is 2. The quantitative estimate of drug-likeness (QED) is 0.220. The maximum Gasteiger partial charge on any atom is 0.352 e. The first-order valence-electron chi connectivity index (χ1n) is 13.3. The number of carbonyl (C=O) groups excluding carboxylic acids is 2. The lowest BCUT2D eigenvalue weighted by molar-refractivity contribution is -0.151. The summed E-state index contributed by atoms with van der Waals surface area (Å²) in [5.74, 6) is 1.17. The van der Waals surface area contributed by atoms with Crippen molar-refractivity contribution in [2.45, 2.75) is 59.1 Å². The number of fused-ring (bicyclic) bond motifs is 1. The van der Waals surface area contributed by atoms with Gasteiger partial charge in [-0.05, 0) is 49.2 Å². The number of rotatable bonds is 12. The summed E-state index contributed by atoms with van der Waals surface area (Å²) in [6.07, 6.45) is 2.59. The second kappa shape index (κ2) is 12.9. The molecule has 0 spiro atoms. The number of anilines is 1. The van der Waals surface area contributed by atoms with E-state index in [1.807, 2.05) is 79.7 Å². The van der Waals surface area contributed by atoms with E-state index in [1.165, 1.54) is 0 Å². The highest BCUT2D eigenvalue weighted by molar-refractivity contribution is 5.93. The van der Waals surface area contributed by atoms with Gasteiger partial charge in [0.15, 0.2) is 0 Å². The molecule has 0 aliphatic heterocycles. The first-order chi connectivity index (χ1) is 18.5. The maximum absolute atomic E-state index is 12.6. The lowest BCUT2D eigenvalue weighted by Gasteiger charge is -2.18. The zero-order valence-corrected chi connectivity index (χ0v) is 22.3. The topological polar surface area (TPSA) is 82.5 Å². The first-order valence-corrected chi connectivity index (χ1v) is 13.3. The van der Waals surface area contributed by atoms with Crippen LogP contribution in [0, 0.1) is 0 Å². The molecule has 1 N–H and O–H groups in total. The van der Waals surface area contributed by atoms with Gasteiger partial charge in [0.2, 0.25) is 12.0 Å². The van der Waals surface area contributed by atoms with Crippen LogP contribution in [-0.4, -0.2) is 28.0 Å². The summed E-state index contributed by atoms with van der Waals surface area (Å²) in [7, 11) is 0. The van der Waals surface area contributed by atoms with Gasteiger partial charge in [0.05, 0.1) is 17.6 Å². The van der Waals surface area contributed by atoms with Crippen molar-refractivity contribution in [2.75, 3.05) is 11.9 Å². The minimum absolute atomic E-state index is 0.0196. The van der Waals surface area contributed by atoms with Crippen LogP contribution in [0.1, 0.15) is 63.1 Å². The van der Waals surface area contributed by atoms with E-state index < -0.39 is 12.1 Å². The number of ether oxygens (including phenoxy) is 2. The summed E-state index contributed by atoms with van der Waals surface area (Å²) in [6, 6.07) is 23.0. The number of benzene rings is 3. The van der Waals surface area contributed by atoms with Gasteiger partial charge < -0.3 is 19.4 Å². The van der Waals surface area contributed by atoms with Gasteiger partial charge in [-0.3, -0.25) is 4.79 Å². The lowest BCUT2D eigenvalue weighted by Crippen LogP contribution is -2.21. The Labute approximate surface area is 223 Å². The molecule has 0 bridgehead atoms. The van der Waals surface area contributed by atoms with Crippen molar-refractivity contribution in [1.82, 2.24) is 9.55 Å². The van der Waals surface area contributed by atoms with Crippen LogP contribution in [0.3, 0.4) is 0 Å². The van der Waals surface area contributed by atoms with Crippen molar-refractivity contribution in [3.8, 4) is 5.75 Å². The number of amides is 1. The van der Waals surface area contributed by atoms with Gasteiger partial charge >= 0.3 is 5.97 Å². The SMILES string of the molecule is CCCCc1nc2ccc(NC(=O)CC)cc2n1Cc1ccc(OC(C(=O)OCC)c2ccccc2)cc1. The second-order valence-electron chi connectivity index (χ2n) is 9.13. The summed E-state index contributed by atoms with van der Waals surface area (Å²) in [4.78, 5) is 29.4. The summed E-state index contributed by atoms with van der Waals surface area (Å²) in [5, 5.41) is 2.95. The van der Waals surface area contributed by atoms with Gasteiger partial charge in [0.1, 0.15) is 11.6 Å². The van der Waals surface area contributed by atoms with Crippen LogP contribution in [0.4, 0.5) is 5.69 Å². The molecular formula is C31H35N3O4. The summed E-state index contributed by atoms with van der Waals surface area (Å²) < 4.78 is 13.5. The fourth-order valence-corrected chi connectivity index (χ4v) is 4.29. The zero-order chi connectivity index (χ0) is 26.9. The molecule has 198 valence electrons. The van der Waals surface area contributed by atoms with Gasteiger partial charge in [-0.2, -0.15) is 0 Å². The van der Waals surface area contributed by atoms with Crippen molar-refractivity contribution in [1.29, 1.82) is 0 Å². The Kier molecular flexibility index (Phi) is 9.14. The van der Waals surface area contributed by atoms with Gasteiger partial charge in [-0.25, -0.2) is 9.78 Å². The van der Waals surface area contributed by atoms with Crippen LogP contribution in [0.2, 0.25) is 0 Å². The molecule has 1 amide bonds. The number of unbranched alkanes of at least 4 members (excludes halogenated alkanes) is 1. The van der Waals surface area contributed by atoms with Gasteiger partial charge in [0, 0.05) is 30.6 Å². The predicted molar refractivity (Wildman–Crippen MR) is 149 cm³/mol. The van der Waals surface area contributed by atoms with Crippen molar-refractivity contribution in [2.24, 2.45) is 0 Å². The van der Waals surface area contributed by atoms with E-state index >= 15 is 0 Å². The summed E-state index contributed by atoms with van der Waals surface area (Å²) in [6.45, 7) is 6.70. The smallest absolute Gasteiger partial charge is 0.352 e. The molecular weight excluding hydrogens is 478 g/mol. The standard InChI is InChI=1S/C31H35N3O4/c1-4-7-13-28-33-26-19-16-24(32-29(35)5-2)20-27(26)34(28)21-22-14-17-25(18-15-22)38-30(31(36)37-6-3)23-11-9-8-10-12-23/h8-12,14-20,30H,4-7,13,21H2,1-3H3,(H,32,35). The van der Waals surface area contributed by atoms with E-state index in [0.717, 1.165) is 52.9 Å². The molecule has 3 aromatic carbocycles. The molecule has 0 aliphatic carbocycles. The normalized spacial score (nSPS) is 11.8. The van der Waals surface area contributed by atoms with Crippen molar-refractivity contribution < 1.29 is 19.1 Å². The molecule has 1 unspecified atom stereocenters. The molecule has 1 heterocycles. The van der Waals surface area contributed by atoms with Gasteiger partial charge in [-0.15, -0.1) is 0 Å². The molecule has 38 heavy (non-hydrogen) atoms. The number of aryl methyl sites for hydroxylation is 1. The Hall–Kier alpha value is -4.13. The average Bonchev–Trinajstić information content (AvgIpc) is 3.28. The molecule has 0 saturated heterocycles. The largest absolute Gasteiger partial charge is 0.474 e. The van der Waals surface area contributed by atoms with E-state index in [0.29, 0.717) is 18.7 Å². The highest BCUT2D eigenvalue weighted by atomic mass is 16.6. The Bertz CT molecular complexity index is 1360. The van der Waals surface area contributed by atoms with Crippen LogP contribution in [-0.2, 0) is 27.3 Å². The maximum atomic E-state index is 12.6. The fourth-order valence-electron chi connectivity index (χ4n) is 4.29. The van der Waals surface area contributed by atoms with Gasteiger partial charge in [-0.1, -0.05) is 62.7 Å². The Morgan fingerprint density at radius 2 is 1.74 bits per heavy atom. The van der Waals surface area contributed by atoms with Crippen LogP contribution in [0.25, 0.3) is 11.0 Å². The average molecular weight is 514 g/mol. The van der Waals surface area contributed by atoms with E-state index in [9.17, 15) is 9.59 Å². The number of imidazole rings is 1. The summed E-state index contributed by atoms with van der Waals surface area (Å²) in [5.41, 5.74) is 4.47. The van der Waals surface area contributed by atoms with Crippen LogP contribution in [0.5, 0.6) is 5.75 Å². The number of aromatic nitrogens is 2. The first kappa shape index (κ1) is 26.9. The van der Waals surface area contributed by atoms with Crippen LogP contribution in [0.15, 0.2) is 72.8 Å². The number of nitrogens with one attached hydrogen (secondary N) is 1. The Balaban J connectivity index is 1.58. The Morgan fingerprint density at radius 3 is 2.42 bits per heavy atom. The predicted octanol–water partition coefficient (Wildman–Crippen LogP) is 6.46. The molecule has 0 fully saturated rings. The zero-order valence-electron chi connectivity index (χ0n) is 22.3. The molecule has 1 aromatic heterocycles. The number of hydrogen-bond acceptors (Lipinski definition) is 5. The van der Waals surface area contributed by atoms with Crippen LogP contribution >= 0.6 is 0 Å². The molecule has 0 saturated carbocycles. The molecule has 0 aliphatic rings. The van der Waals surface area contributed by atoms with E-state index in [4.69, 9.17) is 14.5 Å². The lowest BCUT2D eigenvalue weighted by atomic mass is 10.1. The molecule has 4 rings (SSSR count). The van der Waals surface area contributed by atoms with Crippen molar-refractivity contribution >= 4 is 28.6 Å². The number of hydrogen-bond donors (Lipinski definition) is 1. The molecule has 1 atom stereocenters. The van der Waals surface area contributed by atoms with E-state index in [2.05, 4.69) is 16.8 Å². The Morgan fingerprint density at radius 1 is 0.974 bits per heavy atom.